The summed E-state index contributed by atoms with van der Waals surface area (Å²) in [7, 11) is 0. The maximum atomic E-state index is 12.3. The summed E-state index contributed by atoms with van der Waals surface area (Å²) >= 11 is 7.22. The van der Waals surface area contributed by atoms with Crippen LogP contribution in [0.25, 0.3) is 4.96 Å². The van der Waals surface area contributed by atoms with E-state index in [9.17, 15) is 14.4 Å². The summed E-state index contributed by atoms with van der Waals surface area (Å²) in [5.41, 5.74) is 1.41. The van der Waals surface area contributed by atoms with Crippen molar-refractivity contribution in [3.8, 4) is 0 Å². The molecule has 9 heteroatoms. The highest BCUT2D eigenvalue weighted by Gasteiger charge is 2.11. The minimum absolute atomic E-state index is 0.115. The Morgan fingerprint density at radius 1 is 1.10 bits per heavy atom. The molecule has 4 rings (SSSR count). The van der Waals surface area contributed by atoms with Crippen LogP contribution in [0, 0.1) is 0 Å². The van der Waals surface area contributed by atoms with Crippen molar-refractivity contribution in [3.63, 3.8) is 0 Å². The molecule has 0 atom stereocenters. The van der Waals surface area contributed by atoms with Gasteiger partial charge in [-0.1, -0.05) is 17.7 Å². The number of nitrogens with one attached hydrogen (secondary N) is 1. The Labute approximate surface area is 179 Å². The average molecular weight is 440 g/mol. The number of carbonyl (C=O) groups is 2. The quantitative estimate of drug-likeness (QED) is 0.474. The fourth-order valence-corrected chi connectivity index (χ4v) is 3.64. The molecule has 2 aromatic carbocycles. The number of thiazole rings is 1. The Morgan fingerprint density at radius 3 is 2.67 bits per heavy atom. The van der Waals surface area contributed by atoms with Crippen LogP contribution in [0.5, 0.6) is 0 Å². The molecule has 0 spiro atoms. The number of halogens is 1. The number of rotatable bonds is 5. The molecule has 0 fully saturated rings. The third-order valence-corrected chi connectivity index (χ3v) is 5.16. The van der Waals surface area contributed by atoms with Crippen molar-refractivity contribution in [3.05, 3.63) is 98.4 Å². The molecule has 2 aromatic heterocycles. The average Bonchev–Trinajstić information content (AvgIpc) is 3.22. The van der Waals surface area contributed by atoms with E-state index in [2.05, 4.69) is 10.3 Å². The fourth-order valence-electron chi connectivity index (χ4n) is 2.71. The molecular formula is C21H14ClN3O4S. The van der Waals surface area contributed by atoms with E-state index in [0.717, 1.165) is 0 Å². The number of hydrogen-bond donors (Lipinski definition) is 1. The first kappa shape index (κ1) is 19.8. The van der Waals surface area contributed by atoms with E-state index < -0.39 is 5.97 Å². The van der Waals surface area contributed by atoms with Gasteiger partial charge in [0, 0.05) is 33.9 Å². The maximum absolute atomic E-state index is 12.3. The summed E-state index contributed by atoms with van der Waals surface area (Å²) in [6.07, 6.45) is 1.64. The molecule has 1 amide bonds. The first-order chi connectivity index (χ1) is 14.5. The van der Waals surface area contributed by atoms with Gasteiger partial charge in [-0.25, -0.2) is 9.78 Å². The van der Waals surface area contributed by atoms with E-state index in [1.165, 1.54) is 21.8 Å². The van der Waals surface area contributed by atoms with Crippen LogP contribution in [0.2, 0.25) is 5.02 Å². The van der Waals surface area contributed by atoms with E-state index in [1.54, 1.807) is 60.1 Å². The number of anilines is 1. The topological polar surface area (TPSA) is 89.8 Å². The van der Waals surface area contributed by atoms with Gasteiger partial charge in [0.1, 0.15) is 6.61 Å². The number of esters is 1. The van der Waals surface area contributed by atoms with E-state index in [4.69, 9.17) is 16.3 Å². The Kier molecular flexibility index (Phi) is 5.60. The number of benzene rings is 2. The summed E-state index contributed by atoms with van der Waals surface area (Å²) in [5, 5.41) is 4.96. The number of aromatic nitrogens is 2. The highest BCUT2D eigenvalue weighted by molar-refractivity contribution is 7.15. The van der Waals surface area contributed by atoms with Crippen molar-refractivity contribution in [1.29, 1.82) is 0 Å². The highest BCUT2D eigenvalue weighted by Crippen LogP contribution is 2.15. The molecule has 7 nitrogen and oxygen atoms in total. The zero-order valence-corrected chi connectivity index (χ0v) is 16.9. The normalized spacial score (nSPS) is 10.7. The van der Waals surface area contributed by atoms with Gasteiger partial charge in [0.05, 0.1) is 11.3 Å². The van der Waals surface area contributed by atoms with Gasteiger partial charge in [0.25, 0.3) is 11.5 Å². The van der Waals surface area contributed by atoms with Crippen molar-refractivity contribution < 1.29 is 14.3 Å². The monoisotopic (exact) mass is 439 g/mol. The first-order valence-electron chi connectivity index (χ1n) is 8.79. The smallest absolute Gasteiger partial charge is 0.338 e. The van der Waals surface area contributed by atoms with Crippen LogP contribution in [-0.2, 0) is 11.3 Å². The van der Waals surface area contributed by atoms with Gasteiger partial charge in [-0.3, -0.25) is 14.0 Å². The minimum Gasteiger partial charge on any atom is -0.456 e. The Morgan fingerprint density at radius 2 is 1.90 bits per heavy atom. The second-order valence-electron chi connectivity index (χ2n) is 6.26. The predicted octanol–water partition coefficient (Wildman–Crippen LogP) is 4.02. The van der Waals surface area contributed by atoms with Crippen LogP contribution >= 0.6 is 22.9 Å². The molecular weight excluding hydrogens is 426 g/mol. The summed E-state index contributed by atoms with van der Waals surface area (Å²) in [6, 6.07) is 14.2. The molecule has 0 unspecified atom stereocenters. The third kappa shape index (κ3) is 4.40. The molecule has 2 heterocycles. The van der Waals surface area contributed by atoms with Crippen molar-refractivity contribution in [2.75, 3.05) is 5.32 Å². The van der Waals surface area contributed by atoms with Crippen molar-refractivity contribution in [2.24, 2.45) is 0 Å². The van der Waals surface area contributed by atoms with Crippen LogP contribution in [0.3, 0.4) is 0 Å². The Bertz CT molecular complexity index is 1300. The van der Waals surface area contributed by atoms with Gasteiger partial charge in [0.15, 0.2) is 4.96 Å². The molecule has 0 radical (unpaired) electrons. The van der Waals surface area contributed by atoms with Crippen LogP contribution in [0.4, 0.5) is 5.69 Å². The summed E-state index contributed by atoms with van der Waals surface area (Å²) in [4.78, 5) is 41.3. The van der Waals surface area contributed by atoms with Gasteiger partial charge >= 0.3 is 5.97 Å². The predicted molar refractivity (Wildman–Crippen MR) is 114 cm³/mol. The van der Waals surface area contributed by atoms with Gasteiger partial charge < -0.3 is 10.1 Å². The number of ether oxygens (including phenoxy) is 1. The first-order valence-corrected chi connectivity index (χ1v) is 10.1. The number of carbonyl (C=O) groups excluding carboxylic acids is 2. The lowest BCUT2D eigenvalue weighted by Crippen LogP contribution is -2.15. The summed E-state index contributed by atoms with van der Waals surface area (Å²) in [6.45, 7) is -0.115. The van der Waals surface area contributed by atoms with Crippen molar-refractivity contribution in [2.45, 2.75) is 6.61 Å². The van der Waals surface area contributed by atoms with Crippen molar-refractivity contribution in [1.82, 2.24) is 9.38 Å². The van der Waals surface area contributed by atoms with Gasteiger partial charge in [0.2, 0.25) is 0 Å². The standard InChI is InChI=1S/C21H14ClN3O4S/c22-15-3-1-2-14(10-15)19(27)23-16-6-4-13(5-7-16)20(28)29-12-17-11-18(26)25-8-9-30-21(25)24-17/h1-11H,12H2,(H,23,27). The summed E-state index contributed by atoms with van der Waals surface area (Å²) < 4.78 is 6.67. The zero-order valence-electron chi connectivity index (χ0n) is 15.4. The second kappa shape index (κ2) is 8.48. The number of amides is 1. The Hall–Kier alpha value is -3.49. The largest absolute Gasteiger partial charge is 0.456 e. The molecule has 150 valence electrons. The van der Waals surface area contributed by atoms with Gasteiger partial charge in [-0.15, -0.1) is 11.3 Å². The van der Waals surface area contributed by atoms with Gasteiger partial charge in [-0.05, 0) is 42.5 Å². The van der Waals surface area contributed by atoms with E-state index >= 15 is 0 Å². The van der Waals surface area contributed by atoms with E-state index in [1.807, 2.05) is 0 Å². The molecule has 0 aliphatic rings. The van der Waals surface area contributed by atoms with Gasteiger partial charge in [-0.2, -0.15) is 0 Å². The molecule has 0 aliphatic carbocycles. The lowest BCUT2D eigenvalue weighted by atomic mass is 10.2. The molecule has 0 saturated heterocycles. The summed E-state index contributed by atoms with van der Waals surface area (Å²) in [5.74, 6) is -0.870. The minimum atomic E-state index is -0.559. The lowest BCUT2D eigenvalue weighted by Gasteiger charge is -2.07. The number of fused-ring (bicyclic) bond motifs is 1. The highest BCUT2D eigenvalue weighted by atomic mass is 35.5. The zero-order chi connectivity index (χ0) is 21.1. The maximum Gasteiger partial charge on any atom is 0.338 e. The molecule has 4 aromatic rings. The molecule has 0 saturated carbocycles. The molecule has 0 aliphatic heterocycles. The van der Waals surface area contributed by atoms with Crippen LogP contribution in [-0.4, -0.2) is 21.3 Å². The lowest BCUT2D eigenvalue weighted by molar-refractivity contribution is 0.0467. The third-order valence-electron chi connectivity index (χ3n) is 4.17. The van der Waals surface area contributed by atoms with Crippen molar-refractivity contribution >= 4 is 45.5 Å². The van der Waals surface area contributed by atoms with Crippen LogP contribution in [0.15, 0.2) is 71.0 Å². The Balaban J connectivity index is 1.38. The van der Waals surface area contributed by atoms with E-state index in [0.29, 0.717) is 32.5 Å². The molecule has 30 heavy (non-hydrogen) atoms. The number of nitrogens with zero attached hydrogens (tertiary/aromatic N) is 2. The molecule has 0 bridgehead atoms. The SMILES string of the molecule is O=C(Nc1ccc(C(=O)OCc2cc(=O)n3ccsc3n2)cc1)c1cccc(Cl)c1. The van der Waals surface area contributed by atoms with Crippen LogP contribution in [0.1, 0.15) is 26.4 Å². The second-order valence-corrected chi connectivity index (χ2v) is 7.57. The number of hydrogen-bond acceptors (Lipinski definition) is 6. The molecule has 1 N–H and O–H groups in total. The fraction of sp³-hybridized carbons (Fsp3) is 0.0476. The van der Waals surface area contributed by atoms with E-state index in [-0.39, 0.29) is 18.1 Å². The van der Waals surface area contributed by atoms with Crippen LogP contribution < -0.4 is 10.9 Å².